The monoisotopic (exact) mass is 224 g/mol. The minimum absolute atomic E-state index is 0.215. The SMILES string of the molecule is CC.COC(=O)c1ccccc1OC(C)=O. The van der Waals surface area contributed by atoms with Crippen LogP contribution in [0.3, 0.4) is 0 Å². The van der Waals surface area contributed by atoms with Gasteiger partial charge in [-0.05, 0) is 12.1 Å². The Kier molecular flexibility index (Phi) is 6.59. The number of hydrogen-bond acceptors (Lipinski definition) is 4. The molecule has 1 aromatic rings. The number of para-hydroxylation sites is 1. The zero-order valence-corrected chi connectivity index (χ0v) is 9.94. The number of benzene rings is 1. The van der Waals surface area contributed by atoms with E-state index in [2.05, 4.69) is 4.74 Å². The van der Waals surface area contributed by atoms with Gasteiger partial charge in [-0.2, -0.15) is 0 Å². The molecule has 88 valence electrons. The molecule has 1 rings (SSSR count). The van der Waals surface area contributed by atoms with E-state index in [0.717, 1.165) is 0 Å². The Morgan fingerprint density at radius 3 is 2.19 bits per heavy atom. The molecule has 4 heteroatoms. The summed E-state index contributed by atoms with van der Waals surface area (Å²) in [7, 11) is 1.27. The van der Waals surface area contributed by atoms with Crippen molar-refractivity contribution in [2.45, 2.75) is 20.8 Å². The summed E-state index contributed by atoms with van der Waals surface area (Å²) in [5.41, 5.74) is 0.241. The largest absolute Gasteiger partial charge is 0.465 e. The lowest BCUT2D eigenvalue weighted by Crippen LogP contribution is -2.08. The first-order chi connectivity index (χ1) is 7.65. The zero-order valence-electron chi connectivity index (χ0n) is 9.94. The van der Waals surface area contributed by atoms with E-state index in [1.54, 1.807) is 12.1 Å². The van der Waals surface area contributed by atoms with Gasteiger partial charge in [0.2, 0.25) is 0 Å². The molecular weight excluding hydrogens is 208 g/mol. The van der Waals surface area contributed by atoms with Crippen LogP contribution >= 0.6 is 0 Å². The molecule has 0 aliphatic rings. The second kappa shape index (κ2) is 7.45. The van der Waals surface area contributed by atoms with Crippen LogP contribution in [0.2, 0.25) is 0 Å². The lowest BCUT2D eigenvalue weighted by atomic mass is 10.2. The molecule has 0 amide bonds. The number of rotatable bonds is 2. The van der Waals surface area contributed by atoms with Crippen LogP contribution in [0.5, 0.6) is 5.75 Å². The zero-order chi connectivity index (χ0) is 12.6. The van der Waals surface area contributed by atoms with Gasteiger partial charge in [-0.3, -0.25) is 4.79 Å². The molecule has 0 unspecified atom stereocenters. The summed E-state index contributed by atoms with van der Waals surface area (Å²) in [6.45, 7) is 5.27. The Morgan fingerprint density at radius 1 is 1.12 bits per heavy atom. The predicted octanol–water partition coefficient (Wildman–Crippen LogP) is 2.42. The lowest BCUT2D eigenvalue weighted by molar-refractivity contribution is -0.131. The summed E-state index contributed by atoms with van der Waals surface area (Å²) < 4.78 is 9.36. The number of carbonyl (C=O) groups is 2. The fourth-order valence-electron chi connectivity index (χ4n) is 0.989. The van der Waals surface area contributed by atoms with Crippen molar-refractivity contribution in [3.05, 3.63) is 29.8 Å². The first-order valence-corrected chi connectivity index (χ1v) is 5.01. The van der Waals surface area contributed by atoms with Gasteiger partial charge in [-0.15, -0.1) is 0 Å². The van der Waals surface area contributed by atoms with Gasteiger partial charge in [0.15, 0.2) is 0 Å². The average molecular weight is 224 g/mol. The van der Waals surface area contributed by atoms with E-state index in [1.165, 1.54) is 26.2 Å². The van der Waals surface area contributed by atoms with E-state index in [0.29, 0.717) is 0 Å². The Balaban J connectivity index is 0.00000106. The highest BCUT2D eigenvalue weighted by Gasteiger charge is 2.12. The summed E-state index contributed by atoms with van der Waals surface area (Å²) >= 11 is 0. The van der Waals surface area contributed by atoms with Gasteiger partial charge in [0.05, 0.1) is 7.11 Å². The summed E-state index contributed by atoms with van der Waals surface area (Å²) in [5.74, 6) is -0.782. The molecule has 0 radical (unpaired) electrons. The molecule has 0 aliphatic carbocycles. The maximum Gasteiger partial charge on any atom is 0.341 e. The highest BCUT2D eigenvalue weighted by molar-refractivity contribution is 5.93. The summed E-state index contributed by atoms with van der Waals surface area (Å²) in [4.78, 5) is 21.9. The average Bonchev–Trinajstić information content (AvgIpc) is 2.31. The van der Waals surface area contributed by atoms with Crippen molar-refractivity contribution in [1.82, 2.24) is 0 Å². The molecule has 0 N–H and O–H groups in total. The van der Waals surface area contributed by atoms with Crippen LogP contribution in [0.25, 0.3) is 0 Å². The van der Waals surface area contributed by atoms with Crippen LogP contribution in [0.1, 0.15) is 31.1 Å². The van der Waals surface area contributed by atoms with Crippen LogP contribution in [0.15, 0.2) is 24.3 Å². The van der Waals surface area contributed by atoms with E-state index in [4.69, 9.17) is 4.74 Å². The quantitative estimate of drug-likeness (QED) is 0.572. The summed E-state index contributed by atoms with van der Waals surface area (Å²) in [6.07, 6.45) is 0. The van der Waals surface area contributed by atoms with Crippen LogP contribution < -0.4 is 4.74 Å². The van der Waals surface area contributed by atoms with E-state index < -0.39 is 11.9 Å². The van der Waals surface area contributed by atoms with Gasteiger partial charge in [-0.25, -0.2) is 4.79 Å². The van der Waals surface area contributed by atoms with Crippen LogP contribution in [0, 0.1) is 0 Å². The standard InChI is InChI=1S/C10H10O4.C2H6/c1-7(11)14-9-6-4-3-5-8(9)10(12)13-2;1-2/h3-6H,1-2H3;1-2H3. The molecule has 4 nitrogen and oxygen atoms in total. The van der Waals surface area contributed by atoms with Crippen molar-refractivity contribution in [3.63, 3.8) is 0 Å². The third-order valence-electron chi connectivity index (χ3n) is 1.55. The molecule has 0 spiro atoms. The number of ether oxygens (including phenoxy) is 2. The molecule has 0 aromatic heterocycles. The first kappa shape index (κ1) is 14.2. The molecule has 0 fully saturated rings. The molecular formula is C12H16O4. The van der Waals surface area contributed by atoms with Crippen molar-refractivity contribution < 1.29 is 19.1 Å². The first-order valence-electron chi connectivity index (χ1n) is 5.01. The van der Waals surface area contributed by atoms with Crippen molar-refractivity contribution in [1.29, 1.82) is 0 Å². The number of carbonyl (C=O) groups excluding carboxylic acids is 2. The van der Waals surface area contributed by atoms with Gasteiger partial charge < -0.3 is 9.47 Å². The number of hydrogen-bond donors (Lipinski definition) is 0. The minimum atomic E-state index is -0.526. The minimum Gasteiger partial charge on any atom is -0.465 e. The second-order valence-corrected chi connectivity index (χ2v) is 2.58. The third-order valence-corrected chi connectivity index (χ3v) is 1.55. The molecule has 0 saturated carbocycles. The Labute approximate surface area is 95.2 Å². The van der Waals surface area contributed by atoms with Crippen molar-refractivity contribution in [2.75, 3.05) is 7.11 Å². The number of esters is 2. The van der Waals surface area contributed by atoms with Crippen molar-refractivity contribution >= 4 is 11.9 Å². The maximum absolute atomic E-state index is 11.2. The second-order valence-electron chi connectivity index (χ2n) is 2.58. The highest BCUT2D eigenvalue weighted by atomic mass is 16.5. The molecule has 0 aliphatic heterocycles. The predicted molar refractivity (Wildman–Crippen MR) is 60.4 cm³/mol. The van der Waals surface area contributed by atoms with Gasteiger partial charge in [0.25, 0.3) is 0 Å². The van der Waals surface area contributed by atoms with Crippen molar-refractivity contribution in [2.24, 2.45) is 0 Å². The third kappa shape index (κ3) is 4.13. The molecule has 0 saturated heterocycles. The van der Waals surface area contributed by atoms with E-state index >= 15 is 0 Å². The maximum atomic E-state index is 11.2. The summed E-state index contributed by atoms with van der Waals surface area (Å²) in [6, 6.07) is 6.40. The molecule has 0 bridgehead atoms. The van der Waals surface area contributed by atoms with Gasteiger partial charge in [-0.1, -0.05) is 26.0 Å². The highest BCUT2D eigenvalue weighted by Crippen LogP contribution is 2.18. The van der Waals surface area contributed by atoms with E-state index in [9.17, 15) is 9.59 Å². The van der Waals surface area contributed by atoms with Gasteiger partial charge in [0.1, 0.15) is 11.3 Å². The Hall–Kier alpha value is -1.84. The van der Waals surface area contributed by atoms with Crippen LogP contribution in [0.4, 0.5) is 0 Å². The van der Waals surface area contributed by atoms with Crippen molar-refractivity contribution in [3.8, 4) is 5.75 Å². The molecule has 0 heterocycles. The topological polar surface area (TPSA) is 52.6 Å². The van der Waals surface area contributed by atoms with Gasteiger partial charge in [0, 0.05) is 6.92 Å². The molecule has 16 heavy (non-hydrogen) atoms. The number of methoxy groups -OCH3 is 1. The van der Waals surface area contributed by atoms with E-state index in [-0.39, 0.29) is 11.3 Å². The lowest BCUT2D eigenvalue weighted by Gasteiger charge is -2.05. The van der Waals surface area contributed by atoms with Crippen LogP contribution in [-0.2, 0) is 9.53 Å². The Morgan fingerprint density at radius 2 is 1.69 bits per heavy atom. The molecule has 1 aromatic carbocycles. The smallest absolute Gasteiger partial charge is 0.341 e. The summed E-state index contributed by atoms with van der Waals surface area (Å²) in [5, 5.41) is 0. The fraction of sp³-hybridized carbons (Fsp3) is 0.333. The Bertz CT molecular complexity index is 358. The van der Waals surface area contributed by atoms with Crippen LogP contribution in [-0.4, -0.2) is 19.0 Å². The van der Waals surface area contributed by atoms with E-state index in [1.807, 2.05) is 13.8 Å². The normalized spacial score (nSPS) is 8.50. The molecule has 0 atom stereocenters. The van der Waals surface area contributed by atoms with Gasteiger partial charge >= 0.3 is 11.9 Å². The fourth-order valence-corrected chi connectivity index (χ4v) is 0.989.